The van der Waals surface area contributed by atoms with Crippen molar-refractivity contribution < 1.29 is 17.9 Å². The van der Waals surface area contributed by atoms with Gasteiger partial charge in [0.25, 0.3) is 0 Å². The molecule has 1 aromatic heterocycles. The second kappa shape index (κ2) is 5.15. The highest BCUT2D eigenvalue weighted by atomic mass is 32.2. The van der Waals surface area contributed by atoms with Gasteiger partial charge in [0.15, 0.2) is 0 Å². The number of halogens is 1. The molecule has 0 spiro atoms. The SMILES string of the molecule is Cc1cc(=O)[nH]c2ccc(S(=O)(=O)N3C[C@@H](O)[C@H](F)C3)cc12. The van der Waals surface area contributed by atoms with E-state index in [0.717, 1.165) is 4.31 Å². The average molecular weight is 326 g/mol. The summed E-state index contributed by atoms with van der Waals surface area (Å²) in [7, 11) is -3.88. The summed E-state index contributed by atoms with van der Waals surface area (Å²) in [5.74, 6) is 0. The number of nitrogens with one attached hydrogen (secondary N) is 1. The van der Waals surface area contributed by atoms with E-state index in [9.17, 15) is 22.7 Å². The van der Waals surface area contributed by atoms with Gasteiger partial charge in [0, 0.05) is 30.1 Å². The zero-order chi connectivity index (χ0) is 16.1. The molecule has 1 saturated heterocycles. The molecule has 0 aliphatic carbocycles. The number of H-pyrrole nitrogens is 1. The maximum atomic E-state index is 13.4. The number of alkyl halides is 1. The Morgan fingerprint density at radius 2 is 2.05 bits per heavy atom. The third kappa shape index (κ3) is 2.43. The normalized spacial score (nSPS) is 23.2. The van der Waals surface area contributed by atoms with Crippen molar-refractivity contribution in [2.24, 2.45) is 0 Å². The Balaban J connectivity index is 2.08. The molecule has 8 heteroatoms. The van der Waals surface area contributed by atoms with Crippen LogP contribution in [-0.4, -0.2) is 48.2 Å². The zero-order valence-electron chi connectivity index (χ0n) is 11.8. The van der Waals surface area contributed by atoms with Gasteiger partial charge >= 0.3 is 0 Å². The number of aliphatic hydroxyl groups is 1. The molecule has 2 aromatic rings. The van der Waals surface area contributed by atoms with Crippen LogP contribution >= 0.6 is 0 Å². The molecule has 2 heterocycles. The lowest BCUT2D eigenvalue weighted by molar-refractivity contribution is 0.117. The standard InChI is InChI=1S/C14H15FN2O4S/c1-8-4-14(19)16-12-3-2-9(5-10(8)12)22(20,21)17-6-11(15)13(18)7-17/h2-5,11,13,18H,6-7H2,1H3,(H,16,19)/t11-,13-/m1/s1. The molecule has 1 fully saturated rings. The quantitative estimate of drug-likeness (QED) is 0.843. The van der Waals surface area contributed by atoms with Crippen LogP contribution in [0.25, 0.3) is 10.9 Å². The first-order valence-electron chi connectivity index (χ1n) is 6.75. The molecule has 0 amide bonds. The minimum atomic E-state index is -3.88. The van der Waals surface area contributed by atoms with Gasteiger partial charge in [-0.2, -0.15) is 4.31 Å². The number of aromatic nitrogens is 1. The molecule has 1 aromatic carbocycles. The van der Waals surface area contributed by atoms with Gasteiger partial charge < -0.3 is 10.1 Å². The topological polar surface area (TPSA) is 90.5 Å². The number of aliphatic hydroxyl groups excluding tert-OH is 1. The molecule has 118 valence electrons. The smallest absolute Gasteiger partial charge is 0.248 e. The largest absolute Gasteiger partial charge is 0.389 e. The molecule has 6 nitrogen and oxygen atoms in total. The number of β-amino-alcohol motifs (C(OH)–C–C–N with tert-alkyl or cyclic N) is 1. The van der Waals surface area contributed by atoms with E-state index in [4.69, 9.17) is 0 Å². The van der Waals surface area contributed by atoms with E-state index in [1.807, 2.05) is 0 Å². The number of sulfonamides is 1. The molecule has 3 rings (SSSR count). The number of pyridine rings is 1. The van der Waals surface area contributed by atoms with Crippen LogP contribution in [0.1, 0.15) is 5.56 Å². The fourth-order valence-electron chi connectivity index (χ4n) is 2.62. The molecule has 1 aliphatic rings. The highest BCUT2D eigenvalue weighted by molar-refractivity contribution is 7.89. The van der Waals surface area contributed by atoms with Gasteiger partial charge in [0.05, 0.1) is 4.90 Å². The lowest BCUT2D eigenvalue weighted by Gasteiger charge is -2.16. The van der Waals surface area contributed by atoms with E-state index in [-0.39, 0.29) is 23.5 Å². The molecule has 2 atom stereocenters. The Hall–Kier alpha value is -1.77. The molecule has 22 heavy (non-hydrogen) atoms. The van der Waals surface area contributed by atoms with Gasteiger partial charge in [-0.05, 0) is 30.7 Å². The monoisotopic (exact) mass is 326 g/mol. The maximum Gasteiger partial charge on any atom is 0.248 e. The van der Waals surface area contributed by atoms with Gasteiger partial charge in [-0.3, -0.25) is 4.79 Å². The van der Waals surface area contributed by atoms with Crippen molar-refractivity contribution in [3.8, 4) is 0 Å². The van der Waals surface area contributed by atoms with Gasteiger partial charge in [-0.1, -0.05) is 0 Å². The summed E-state index contributed by atoms with van der Waals surface area (Å²) >= 11 is 0. The summed E-state index contributed by atoms with van der Waals surface area (Å²) < 4.78 is 39.4. The lowest BCUT2D eigenvalue weighted by Crippen LogP contribution is -2.29. The van der Waals surface area contributed by atoms with Gasteiger partial charge in [0.1, 0.15) is 12.3 Å². The second-order valence-electron chi connectivity index (χ2n) is 5.43. The Labute approximate surface area is 126 Å². The summed E-state index contributed by atoms with van der Waals surface area (Å²) in [6.07, 6.45) is -2.87. The van der Waals surface area contributed by atoms with Crippen molar-refractivity contribution in [1.82, 2.24) is 9.29 Å². The van der Waals surface area contributed by atoms with E-state index in [2.05, 4.69) is 4.98 Å². The van der Waals surface area contributed by atoms with E-state index < -0.39 is 22.3 Å². The van der Waals surface area contributed by atoms with Crippen LogP contribution in [0.3, 0.4) is 0 Å². The van der Waals surface area contributed by atoms with Crippen molar-refractivity contribution in [2.45, 2.75) is 24.1 Å². The predicted octanol–water partition coefficient (Wildman–Crippen LogP) is 0.540. The molecule has 2 N–H and O–H groups in total. The fraction of sp³-hybridized carbons (Fsp3) is 0.357. The van der Waals surface area contributed by atoms with Crippen LogP contribution in [0.15, 0.2) is 34.0 Å². The third-order valence-electron chi connectivity index (χ3n) is 3.85. The highest BCUT2D eigenvalue weighted by Gasteiger charge is 2.38. The van der Waals surface area contributed by atoms with Crippen molar-refractivity contribution >= 4 is 20.9 Å². The first kappa shape index (κ1) is 15.1. The average Bonchev–Trinajstić information content (AvgIpc) is 2.79. The number of aryl methyl sites for hydroxylation is 1. The number of fused-ring (bicyclic) bond motifs is 1. The Kier molecular flexibility index (Phi) is 3.54. The summed E-state index contributed by atoms with van der Waals surface area (Å²) in [4.78, 5) is 14.1. The molecule has 0 bridgehead atoms. The number of rotatable bonds is 2. The summed E-state index contributed by atoms with van der Waals surface area (Å²) in [6, 6.07) is 5.71. The van der Waals surface area contributed by atoms with Crippen molar-refractivity contribution in [3.05, 3.63) is 40.2 Å². The van der Waals surface area contributed by atoms with Crippen LogP contribution in [0.4, 0.5) is 4.39 Å². The first-order chi connectivity index (χ1) is 10.3. The van der Waals surface area contributed by atoms with Crippen molar-refractivity contribution in [2.75, 3.05) is 13.1 Å². The summed E-state index contributed by atoms with van der Waals surface area (Å²) in [6.45, 7) is 1.10. The minimum Gasteiger partial charge on any atom is -0.389 e. The Morgan fingerprint density at radius 1 is 1.32 bits per heavy atom. The zero-order valence-corrected chi connectivity index (χ0v) is 12.6. The van der Waals surface area contributed by atoms with Gasteiger partial charge in [0.2, 0.25) is 15.6 Å². The number of aromatic amines is 1. The van der Waals surface area contributed by atoms with Crippen LogP contribution in [-0.2, 0) is 10.0 Å². The Bertz CT molecular complexity index is 883. The van der Waals surface area contributed by atoms with E-state index in [1.165, 1.54) is 24.3 Å². The van der Waals surface area contributed by atoms with E-state index in [0.29, 0.717) is 16.5 Å². The highest BCUT2D eigenvalue weighted by Crippen LogP contribution is 2.25. The van der Waals surface area contributed by atoms with E-state index in [1.54, 1.807) is 6.92 Å². The number of benzene rings is 1. The molecular weight excluding hydrogens is 311 g/mol. The maximum absolute atomic E-state index is 13.4. The third-order valence-corrected chi connectivity index (χ3v) is 5.67. The van der Waals surface area contributed by atoms with Crippen molar-refractivity contribution in [3.63, 3.8) is 0 Å². The molecule has 0 saturated carbocycles. The molecular formula is C14H15FN2O4S. The summed E-state index contributed by atoms with van der Waals surface area (Å²) in [5.41, 5.74) is 0.929. The fourth-order valence-corrected chi connectivity index (χ4v) is 4.11. The minimum absolute atomic E-state index is 0.0106. The lowest BCUT2D eigenvalue weighted by atomic mass is 10.1. The van der Waals surface area contributed by atoms with Crippen molar-refractivity contribution in [1.29, 1.82) is 0 Å². The first-order valence-corrected chi connectivity index (χ1v) is 8.19. The number of nitrogens with zero attached hydrogens (tertiary/aromatic N) is 1. The van der Waals surface area contributed by atoms with Crippen LogP contribution < -0.4 is 5.56 Å². The number of hydrogen-bond donors (Lipinski definition) is 2. The molecule has 1 aliphatic heterocycles. The van der Waals surface area contributed by atoms with E-state index >= 15 is 0 Å². The second-order valence-corrected chi connectivity index (χ2v) is 7.37. The van der Waals surface area contributed by atoms with Crippen LogP contribution in [0.5, 0.6) is 0 Å². The van der Waals surface area contributed by atoms with Crippen LogP contribution in [0.2, 0.25) is 0 Å². The van der Waals surface area contributed by atoms with Gasteiger partial charge in [-0.15, -0.1) is 0 Å². The number of hydrogen-bond acceptors (Lipinski definition) is 4. The molecule has 0 radical (unpaired) electrons. The van der Waals surface area contributed by atoms with Gasteiger partial charge in [-0.25, -0.2) is 12.8 Å². The predicted molar refractivity (Wildman–Crippen MR) is 79.0 cm³/mol. The van der Waals surface area contributed by atoms with Crippen LogP contribution in [0, 0.1) is 6.92 Å². The Morgan fingerprint density at radius 3 is 2.68 bits per heavy atom. The molecule has 0 unspecified atom stereocenters. The summed E-state index contributed by atoms with van der Waals surface area (Å²) in [5, 5.41) is 10.0.